The fourth-order valence-electron chi connectivity index (χ4n) is 3.35. The lowest BCUT2D eigenvalue weighted by atomic mass is 10.1. The van der Waals surface area contributed by atoms with Crippen molar-refractivity contribution in [2.45, 2.75) is 39.8 Å². The lowest BCUT2D eigenvalue weighted by molar-refractivity contribution is 0.0696. The highest BCUT2D eigenvalue weighted by molar-refractivity contribution is 6.01. The number of carbonyl (C=O) groups excluding carboxylic acids is 1. The van der Waals surface area contributed by atoms with Crippen molar-refractivity contribution in [2.75, 3.05) is 0 Å². The largest absolute Gasteiger partial charge is 0.478 e. The van der Waals surface area contributed by atoms with Gasteiger partial charge in [0.25, 0.3) is 5.91 Å². The van der Waals surface area contributed by atoms with Gasteiger partial charge in [-0.2, -0.15) is 0 Å². The van der Waals surface area contributed by atoms with Crippen LogP contribution >= 0.6 is 0 Å². The molecule has 5 heteroatoms. The molecule has 0 unspecified atom stereocenters. The Bertz CT molecular complexity index is 971. The zero-order valence-electron chi connectivity index (χ0n) is 15.7. The number of aromatic carboxylic acids is 1. The summed E-state index contributed by atoms with van der Waals surface area (Å²) in [5.41, 5.74) is 3.87. The van der Waals surface area contributed by atoms with Gasteiger partial charge in [-0.25, -0.2) is 4.79 Å². The molecule has 0 aliphatic carbocycles. The van der Waals surface area contributed by atoms with E-state index in [1.165, 1.54) is 0 Å². The molecule has 0 atom stereocenters. The monoisotopic (exact) mass is 364 g/mol. The van der Waals surface area contributed by atoms with E-state index in [9.17, 15) is 9.59 Å². The van der Waals surface area contributed by atoms with Crippen LogP contribution in [-0.2, 0) is 13.1 Å². The Kier molecular flexibility index (Phi) is 5.60. The Morgan fingerprint density at radius 3 is 2.44 bits per heavy atom. The molecule has 0 bridgehead atoms. The second kappa shape index (κ2) is 8.08. The van der Waals surface area contributed by atoms with Crippen LogP contribution in [0.4, 0.5) is 0 Å². The van der Waals surface area contributed by atoms with Gasteiger partial charge in [0, 0.05) is 24.0 Å². The van der Waals surface area contributed by atoms with E-state index in [2.05, 4.69) is 28.9 Å². The Morgan fingerprint density at radius 1 is 1.07 bits per heavy atom. The molecule has 1 aromatic heterocycles. The number of nitrogens with one attached hydrogen (secondary N) is 1. The Hall–Kier alpha value is -3.08. The number of amides is 1. The summed E-state index contributed by atoms with van der Waals surface area (Å²) in [6.07, 6.45) is 2.07. The average Bonchev–Trinajstić information content (AvgIpc) is 2.97. The van der Waals surface area contributed by atoms with E-state index in [-0.39, 0.29) is 11.5 Å². The van der Waals surface area contributed by atoms with Crippen molar-refractivity contribution < 1.29 is 14.7 Å². The molecule has 0 radical (unpaired) electrons. The van der Waals surface area contributed by atoms with Crippen LogP contribution in [0.25, 0.3) is 10.9 Å². The van der Waals surface area contributed by atoms with Crippen LogP contribution in [0.15, 0.2) is 48.5 Å². The predicted octanol–water partition coefficient (Wildman–Crippen LogP) is 4.38. The number of rotatable bonds is 7. The van der Waals surface area contributed by atoms with E-state index in [0.29, 0.717) is 12.2 Å². The summed E-state index contributed by atoms with van der Waals surface area (Å²) in [6, 6.07) is 14.6. The summed E-state index contributed by atoms with van der Waals surface area (Å²) in [7, 11) is 0. The molecule has 1 amide bonds. The first-order valence-corrected chi connectivity index (χ1v) is 9.21. The van der Waals surface area contributed by atoms with Crippen molar-refractivity contribution in [3.63, 3.8) is 0 Å². The van der Waals surface area contributed by atoms with Gasteiger partial charge in [0.2, 0.25) is 0 Å². The SMILES string of the molecule is CCCCn1c(C(=O)NCc2ccc(C(=O)O)cc2)c(C)c2ccccc21. The molecule has 0 saturated heterocycles. The molecule has 3 aromatic rings. The summed E-state index contributed by atoms with van der Waals surface area (Å²) in [5.74, 6) is -1.07. The maximum absolute atomic E-state index is 12.9. The van der Waals surface area contributed by atoms with Gasteiger partial charge in [0.15, 0.2) is 0 Å². The van der Waals surface area contributed by atoms with Crippen molar-refractivity contribution in [1.29, 1.82) is 0 Å². The van der Waals surface area contributed by atoms with Crippen LogP contribution < -0.4 is 5.32 Å². The molecule has 0 fully saturated rings. The van der Waals surface area contributed by atoms with Gasteiger partial charge in [-0.3, -0.25) is 4.79 Å². The van der Waals surface area contributed by atoms with Gasteiger partial charge in [-0.15, -0.1) is 0 Å². The molecule has 140 valence electrons. The number of hydrogen-bond donors (Lipinski definition) is 2. The van der Waals surface area contributed by atoms with Gasteiger partial charge >= 0.3 is 5.97 Å². The third kappa shape index (κ3) is 3.87. The number of hydrogen-bond acceptors (Lipinski definition) is 2. The fraction of sp³-hybridized carbons (Fsp3) is 0.273. The van der Waals surface area contributed by atoms with Crippen LogP contribution in [0.2, 0.25) is 0 Å². The zero-order valence-corrected chi connectivity index (χ0v) is 15.7. The molecule has 0 saturated carbocycles. The first kappa shape index (κ1) is 18.7. The van der Waals surface area contributed by atoms with Gasteiger partial charge < -0.3 is 15.0 Å². The molecule has 2 aromatic carbocycles. The normalized spacial score (nSPS) is 10.9. The highest BCUT2D eigenvalue weighted by Crippen LogP contribution is 2.26. The number of para-hydroxylation sites is 1. The standard InChI is InChI=1S/C22H24N2O3/c1-3-4-13-24-19-8-6-5-7-18(19)15(2)20(24)21(25)23-14-16-9-11-17(12-10-16)22(26)27/h5-12H,3-4,13-14H2,1-2H3,(H,23,25)(H,26,27). The number of carbonyl (C=O) groups is 2. The van der Waals surface area contributed by atoms with Crippen molar-refractivity contribution in [3.8, 4) is 0 Å². The molecule has 0 spiro atoms. The van der Waals surface area contributed by atoms with Crippen molar-refractivity contribution in [3.05, 3.63) is 70.9 Å². The van der Waals surface area contributed by atoms with Crippen LogP contribution in [0.3, 0.4) is 0 Å². The van der Waals surface area contributed by atoms with Crippen LogP contribution in [0.5, 0.6) is 0 Å². The second-order valence-corrected chi connectivity index (χ2v) is 6.68. The van der Waals surface area contributed by atoms with Crippen LogP contribution in [0.1, 0.15) is 51.7 Å². The third-order valence-corrected chi connectivity index (χ3v) is 4.83. The van der Waals surface area contributed by atoms with Gasteiger partial charge in [-0.1, -0.05) is 43.7 Å². The van der Waals surface area contributed by atoms with Crippen molar-refractivity contribution >= 4 is 22.8 Å². The molecule has 5 nitrogen and oxygen atoms in total. The minimum atomic E-state index is -0.957. The topological polar surface area (TPSA) is 71.3 Å². The molecular formula is C22H24N2O3. The van der Waals surface area contributed by atoms with Crippen molar-refractivity contribution in [2.24, 2.45) is 0 Å². The maximum Gasteiger partial charge on any atom is 0.335 e. The summed E-state index contributed by atoms with van der Waals surface area (Å²) in [4.78, 5) is 23.9. The summed E-state index contributed by atoms with van der Waals surface area (Å²) in [5, 5.41) is 13.0. The highest BCUT2D eigenvalue weighted by atomic mass is 16.4. The van der Waals surface area contributed by atoms with E-state index in [1.54, 1.807) is 24.3 Å². The summed E-state index contributed by atoms with van der Waals surface area (Å²) in [6.45, 7) is 5.29. The number of nitrogens with zero attached hydrogens (tertiary/aromatic N) is 1. The Morgan fingerprint density at radius 2 is 1.78 bits per heavy atom. The summed E-state index contributed by atoms with van der Waals surface area (Å²) >= 11 is 0. The molecule has 0 aliphatic rings. The maximum atomic E-state index is 12.9. The number of fused-ring (bicyclic) bond motifs is 1. The third-order valence-electron chi connectivity index (χ3n) is 4.83. The molecule has 3 rings (SSSR count). The lowest BCUT2D eigenvalue weighted by Gasteiger charge is -2.12. The molecule has 0 aliphatic heterocycles. The first-order valence-electron chi connectivity index (χ1n) is 9.21. The predicted molar refractivity (Wildman–Crippen MR) is 106 cm³/mol. The Labute approximate surface area is 158 Å². The van der Waals surface area contributed by atoms with Gasteiger partial charge in [0.1, 0.15) is 5.69 Å². The molecule has 2 N–H and O–H groups in total. The van der Waals surface area contributed by atoms with Gasteiger partial charge in [-0.05, 0) is 42.7 Å². The van der Waals surface area contributed by atoms with E-state index >= 15 is 0 Å². The smallest absolute Gasteiger partial charge is 0.335 e. The van der Waals surface area contributed by atoms with E-state index in [4.69, 9.17) is 5.11 Å². The van der Waals surface area contributed by atoms with Crippen molar-refractivity contribution in [1.82, 2.24) is 9.88 Å². The fourth-order valence-corrected chi connectivity index (χ4v) is 3.35. The number of aromatic nitrogens is 1. The minimum absolute atomic E-state index is 0.109. The first-order chi connectivity index (χ1) is 13.0. The second-order valence-electron chi connectivity index (χ2n) is 6.68. The zero-order chi connectivity index (χ0) is 19.4. The average molecular weight is 364 g/mol. The molecule has 1 heterocycles. The quantitative estimate of drug-likeness (QED) is 0.654. The van der Waals surface area contributed by atoms with Crippen LogP contribution in [0, 0.1) is 6.92 Å². The molecule has 27 heavy (non-hydrogen) atoms. The highest BCUT2D eigenvalue weighted by Gasteiger charge is 2.19. The number of benzene rings is 2. The summed E-state index contributed by atoms with van der Waals surface area (Å²) < 4.78 is 2.11. The van der Waals surface area contributed by atoms with Gasteiger partial charge in [0.05, 0.1) is 5.56 Å². The molecular weight excluding hydrogens is 340 g/mol. The van der Waals surface area contributed by atoms with E-state index in [0.717, 1.165) is 41.4 Å². The van der Waals surface area contributed by atoms with E-state index in [1.807, 2.05) is 19.1 Å². The number of unbranched alkanes of at least 4 members (excludes halogenated alkanes) is 1. The van der Waals surface area contributed by atoms with E-state index < -0.39 is 5.97 Å². The van der Waals surface area contributed by atoms with Crippen LogP contribution in [-0.4, -0.2) is 21.6 Å². The Balaban J connectivity index is 1.84. The minimum Gasteiger partial charge on any atom is -0.478 e. The lowest BCUT2D eigenvalue weighted by Crippen LogP contribution is -2.26. The number of carboxylic acid groups (broad SMARTS) is 1. The number of aryl methyl sites for hydroxylation is 2. The number of carboxylic acids is 1.